The van der Waals surface area contributed by atoms with Crippen LogP contribution in [-0.2, 0) is 0 Å². The smallest absolute Gasteiger partial charge is 0.335 e. The van der Waals surface area contributed by atoms with E-state index in [0.717, 1.165) is 18.5 Å². The lowest BCUT2D eigenvalue weighted by Crippen LogP contribution is -2.30. The van der Waals surface area contributed by atoms with E-state index in [9.17, 15) is 4.79 Å². The van der Waals surface area contributed by atoms with Crippen LogP contribution in [0.15, 0.2) is 24.3 Å². The van der Waals surface area contributed by atoms with Crippen LogP contribution in [0.2, 0.25) is 0 Å². The molecule has 16 heavy (non-hydrogen) atoms. The second kappa shape index (κ2) is 4.16. The fourth-order valence-corrected chi connectivity index (χ4v) is 2.36. The Morgan fingerprint density at radius 3 is 2.69 bits per heavy atom. The van der Waals surface area contributed by atoms with Crippen LogP contribution in [0.5, 0.6) is 0 Å². The summed E-state index contributed by atoms with van der Waals surface area (Å²) in [4.78, 5) is 10.8. The van der Waals surface area contributed by atoms with Crippen LogP contribution in [0.4, 0.5) is 5.69 Å². The number of hydrogen-bond acceptors (Lipinski definition) is 2. The molecule has 0 atom stereocenters. The number of carboxylic acid groups (broad SMARTS) is 1. The maximum absolute atomic E-state index is 10.8. The van der Waals surface area contributed by atoms with Crippen molar-refractivity contribution < 1.29 is 9.90 Å². The standard InChI is InChI=1S/C13H17NO2/c1-13(7-2-3-8-13)14-11-6-4-5-10(9-11)12(15)16/h4-6,9,14H,2-3,7-8H2,1H3,(H,15,16). The van der Waals surface area contributed by atoms with Crippen molar-refractivity contribution in [3.05, 3.63) is 29.8 Å². The van der Waals surface area contributed by atoms with Gasteiger partial charge >= 0.3 is 5.97 Å². The van der Waals surface area contributed by atoms with E-state index in [1.165, 1.54) is 12.8 Å². The van der Waals surface area contributed by atoms with Gasteiger partial charge < -0.3 is 10.4 Å². The summed E-state index contributed by atoms with van der Waals surface area (Å²) in [5.41, 5.74) is 1.38. The zero-order valence-corrected chi connectivity index (χ0v) is 9.49. The van der Waals surface area contributed by atoms with Crippen molar-refractivity contribution in [1.82, 2.24) is 0 Å². The quantitative estimate of drug-likeness (QED) is 0.821. The van der Waals surface area contributed by atoms with E-state index in [0.29, 0.717) is 5.56 Å². The van der Waals surface area contributed by atoms with Gasteiger partial charge in [0.15, 0.2) is 0 Å². The Kier molecular flexibility index (Phi) is 2.86. The van der Waals surface area contributed by atoms with Gasteiger partial charge in [-0.2, -0.15) is 0 Å². The number of rotatable bonds is 3. The normalized spacial score (nSPS) is 18.3. The molecule has 1 aromatic carbocycles. The molecule has 0 aliphatic heterocycles. The number of nitrogens with one attached hydrogen (secondary N) is 1. The minimum absolute atomic E-state index is 0.136. The highest BCUT2D eigenvalue weighted by atomic mass is 16.4. The maximum atomic E-state index is 10.8. The molecule has 3 heteroatoms. The Hall–Kier alpha value is -1.51. The van der Waals surface area contributed by atoms with Gasteiger partial charge in [-0.05, 0) is 38.0 Å². The molecule has 0 saturated heterocycles. The van der Waals surface area contributed by atoms with E-state index in [1.807, 2.05) is 6.07 Å². The highest BCUT2D eigenvalue weighted by Crippen LogP contribution is 2.32. The number of carboxylic acids is 1. The molecule has 0 radical (unpaired) electrons. The predicted molar refractivity (Wildman–Crippen MR) is 63.9 cm³/mol. The van der Waals surface area contributed by atoms with E-state index in [4.69, 9.17) is 5.11 Å². The third kappa shape index (κ3) is 2.35. The van der Waals surface area contributed by atoms with Gasteiger partial charge in [0.05, 0.1) is 5.56 Å². The van der Waals surface area contributed by atoms with Crippen molar-refractivity contribution >= 4 is 11.7 Å². The highest BCUT2D eigenvalue weighted by molar-refractivity contribution is 5.88. The fourth-order valence-electron chi connectivity index (χ4n) is 2.36. The van der Waals surface area contributed by atoms with Crippen molar-refractivity contribution in [2.45, 2.75) is 38.1 Å². The second-order valence-corrected chi connectivity index (χ2v) is 4.78. The van der Waals surface area contributed by atoms with E-state index in [-0.39, 0.29) is 5.54 Å². The summed E-state index contributed by atoms with van der Waals surface area (Å²) in [6, 6.07) is 7.02. The third-order valence-electron chi connectivity index (χ3n) is 3.26. The summed E-state index contributed by atoms with van der Waals surface area (Å²) in [7, 11) is 0. The monoisotopic (exact) mass is 219 g/mol. The molecule has 1 aliphatic rings. The first-order valence-electron chi connectivity index (χ1n) is 5.71. The summed E-state index contributed by atoms with van der Waals surface area (Å²) < 4.78 is 0. The molecule has 0 aromatic heterocycles. The lowest BCUT2D eigenvalue weighted by molar-refractivity contribution is 0.0697. The SMILES string of the molecule is CC1(Nc2cccc(C(=O)O)c2)CCCC1. The second-order valence-electron chi connectivity index (χ2n) is 4.78. The molecule has 1 aliphatic carbocycles. The minimum Gasteiger partial charge on any atom is -0.478 e. The van der Waals surface area contributed by atoms with Gasteiger partial charge in [0.1, 0.15) is 0 Å². The first-order valence-corrected chi connectivity index (χ1v) is 5.71. The Bertz CT molecular complexity index is 395. The number of anilines is 1. The van der Waals surface area contributed by atoms with Crippen molar-refractivity contribution in [1.29, 1.82) is 0 Å². The molecule has 0 bridgehead atoms. The summed E-state index contributed by atoms with van der Waals surface area (Å²) >= 11 is 0. The number of benzene rings is 1. The Morgan fingerprint density at radius 1 is 1.38 bits per heavy atom. The molecular formula is C13H17NO2. The van der Waals surface area contributed by atoms with Crippen LogP contribution in [0.25, 0.3) is 0 Å². The number of aromatic carboxylic acids is 1. The largest absolute Gasteiger partial charge is 0.478 e. The van der Waals surface area contributed by atoms with Gasteiger partial charge in [-0.1, -0.05) is 18.9 Å². The molecule has 3 nitrogen and oxygen atoms in total. The van der Waals surface area contributed by atoms with Gasteiger partial charge in [-0.25, -0.2) is 4.79 Å². The minimum atomic E-state index is -0.875. The van der Waals surface area contributed by atoms with E-state index in [1.54, 1.807) is 18.2 Å². The first kappa shape index (κ1) is 11.0. The van der Waals surface area contributed by atoms with Crippen LogP contribution in [-0.4, -0.2) is 16.6 Å². The molecule has 2 rings (SSSR count). The molecule has 0 spiro atoms. The molecule has 1 saturated carbocycles. The van der Waals surface area contributed by atoms with Crippen LogP contribution in [0.3, 0.4) is 0 Å². The summed E-state index contributed by atoms with van der Waals surface area (Å²) in [6.45, 7) is 2.20. The molecular weight excluding hydrogens is 202 g/mol. The lowest BCUT2D eigenvalue weighted by atomic mass is 10.00. The number of hydrogen-bond donors (Lipinski definition) is 2. The van der Waals surface area contributed by atoms with Crippen molar-refractivity contribution in [3.63, 3.8) is 0 Å². The van der Waals surface area contributed by atoms with Gasteiger partial charge in [0.25, 0.3) is 0 Å². The molecule has 86 valence electrons. The molecule has 0 amide bonds. The van der Waals surface area contributed by atoms with Crippen molar-refractivity contribution in [2.24, 2.45) is 0 Å². The Labute approximate surface area is 95.5 Å². The Balaban J connectivity index is 2.15. The highest BCUT2D eigenvalue weighted by Gasteiger charge is 2.28. The van der Waals surface area contributed by atoms with Gasteiger partial charge in [0, 0.05) is 11.2 Å². The van der Waals surface area contributed by atoms with E-state index < -0.39 is 5.97 Å². The molecule has 0 heterocycles. The molecule has 0 unspecified atom stereocenters. The zero-order chi connectivity index (χ0) is 11.6. The topological polar surface area (TPSA) is 49.3 Å². The van der Waals surface area contributed by atoms with E-state index >= 15 is 0 Å². The van der Waals surface area contributed by atoms with Crippen molar-refractivity contribution in [3.8, 4) is 0 Å². The van der Waals surface area contributed by atoms with Crippen LogP contribution < -0.4 is 5.32 Å². The van der Waals surface area contributed by atoms with E-state index in [2.05, 4.69) is 12.2 Å². The number of carbonyl (C=O) groups is 1. The summed E-state index contributed by atoms with van der Waals surface area (Å²) in [6.07, 6.45) is 4.82. The third-order valence-corrected chi connectivity index (χ3v) is 3.26. The average molecular weight is 219 g/mol. The Morgan fingerprint density at radius 2 is 2.06 bits per heavy atom. The van der Waals surface area contributed by atoms with Crippen molar-refractivity contribution in [2.75, 3.05) is 5.32 Å². The molecule has 1 fully saturated rings. The van der Waals surface area contributed by atoms with Crippen LogP contribution >= 0.6 is 0 Å². The average Bonchev–Trinajstić information content (AvgIpc) is 2.65. The van der Waals surface area contributed by atoms with Gasteiger partial charge in [0.2, 0.25) is 0 Å². The molecule has 2 N–H and O–H groups in total. The fraction of sp³-hybridized carbons (Fsp3) is 0.462. The van der Waals surface area contributed by atoms with Gasteiger partial charge in [-0.15, -0.1) is 0 Å². The summed E-state index contributed by atoms with van der Waals surface area (Å²) in [5.74, 6) is -0.875. The van der Waals surface area contributed by atoms with Gasteiger partial charge in [-0.3, -0.25) is 0 Å². The predicted octanol–water partition coefficient (Wildman–Crippen LogP) is 3.13. The van der Waals surface area contributed by atoms with Crippen LogP contribution in [0.1, 0.15) is 43.0 Å². The van der Waals surface area contributed by atoms with Crippen LogP contribution in [0, 0.1) is 0 Å². The maximum Gasteiger partial charge on any atom is 0.335 e. The summed E-state index contributed by atoms with van der Waals surface area (Å²) in [5, 5.41) is 12.4. The first-order chi connectivity index (χ1) is 7.59. The molecule has 1 aromatic rings. The zero-order valence-electron chi connectivity index (χ0n) is 9.49. The lowest BCUT2D eigenvalue weighted by Gasteiger charge is -2.26.